The minimum absolute atomic E-state index is 0.203. The second-order valence-corrected chi connectivity index (χ2v) is 4.87. The third-order valence-corrected chi connectivity index (χ3v) is 3.49. The van der Waals surface area contributed by atoms with E-state index < -0.39 is 0 Å². The van der Waals surface area contributed by atoms with E-state index in [1.54, 1.807) is 36.4 Å². The fourth-order valence-corrected chi connectivity index (χ4v) is 2.22. The van der Waals surface area contributed by atoms with Crippen molar-refractivity contribution in [2.75, 3.05) is 19.5 Å². The SMILES string of the molecule is COc1cccc(C(=O)Nc2ccc(Cl)c(CO)c2)c1OC. The van der Waals surface area contributed by atoms with Crippen LogP contribution < -0.4 is 14.8 Å². The van der Waals surface area contributed by atoms with Crippen molar-refractivity contribution >= 4 is 23.2 Å². The number of aliphatic hydroxyl groups is 1. The lowest BCUT2D eigenvalue weighted by Gasteiger charge is -2.13. The summed E-state index contributed by atoms with van der Waals surface area (Å²) in [5.74, 6) is 0.489. The molecule has 0 aliphatic heterocycles. The zero-order valence-electron chi connectivity index (χ0n) is 12.2. The van der Waals surface area contributed by atoms with Gasteiger partial charge in [-0.05, 0) is 35.9 Å². The van der Waals surface area contributed by atoms with Crippen LogP contribution >= 0.6 is 11.6 Å². The van der Waals surface area contributed by atoms with Gasteiger partial charge < -0.3 is 19.9 Å². The van der Waals surface area contributed by atoms with E-state index in [4.69, 9.17) is 21.1 Å². The number of ether oxygens (including phenoxy) is 2. The number of aliphatic hydroxyl groups excluding tert-OH is 1. The molecule has 0 radical (unpaired) electrons. The molecule has 0 heterocycles. The molecule has 0 spiro atoms. The molecule has 2 aromatic rings. The summed E-state index contributed by atoms with van der Waals surface area (Å²) in [5, 5.41) is 12.4. The zero-order valence-corrected chi connectivity index (χ0v) is 13.0. The molecule has 0 aromatic heterocycles. The highest BCUT2D eigenvalue weighted by molar-refractivity contribution is 6.31. The Bertz CT molecular complexity index is 688. The summed E-state index contributed by atoms with van der Waals surface area (Å²) in [6.07, 6.45) is 0. The van der Waals surface area contributed by atoms with Gasteiger partial charge in [-0.3, -0.25) is 4.79 Å². The quantitative estimate of drug-likeness (QED) is 0.888. The number of halogens is 1. The molecule has 0 fully saturated rings. The molecular formula is C16H16ClNO4. The van der Waals surface area contributed by atoms with Crippen LogP contribution in [0.1, 0.15) is 15.9 Å². The number of para-hydroxylation sites is 1. The van der Waals surface area contributed by atoms with Gasteiger partial charge in [-0.25, -0.2) is 0 Å². The smallest absolute Gasteiger partial charge is 0.259 e. The minimum atomic E-state index is -0.345. The summed E-state index contributed by atoms with van der Waals surface area (Å²) < 4.78 is 10.4. The predicted octanol–water partition coefficient (Wildman–Crippen LogP) is 3.10. The summed E-state index contributed by atoms with van der Waals surface area (Å²) in [6.45, 7) is -0.203. The molecule has 116 valence electrons. The van der Waals surface area contributed by atoms with E-state index in [9.17, 15) is 9.90 Å². The van der Waals surface area contributed by atoms with Crippen molar-refractivity contribution in [3.63, 3.8) is 0 Å². The van der Waals surface area contributed by atoms with Gasteiger partial charge in [0.1, 0.15) is 0 Å². The lowest BCUT2D eigenvalue weighted by atomic mass is 10.1. The molecule has 0 bridgehead atoms. The molecule has 0 saturated carbocycles. The molecule has 0 atom stereocenters. The van der Waals surface area contributed by atoms with E-state index in [1.807, 2.05) is 0 Å². The number of hydrogen-bond acceptors (Lipinski definition) is 4. The average Bonchev–Trinajstić information content (AvgIpc) is 2.55. The van der Waals surface area contributed by atoms with Gasteiger partial charge in [0.05, 0.1) is 26.4 Å². The number of carbonyl (C=O) groups is 1. The van der Waals surface area contributed by atoms with Crippen molar-refractivity contribution in [1.82, 2.24) is 0 Å². The number of rotatable bonds is 5. The highest BCUT2D eigenvalue weighted by Gasteiger charge is 2.16. The Morgan fingerprint density at radius 2 is 2.00 bits per heavy atom. The zero-order chi connectivity index (χ0) is 16.1. The van der Waals surface area contributed by atoms with Gasteiger partial charge in [-0.2, -0.15) is 0 Å². The first kappa shape index (κ1) is 16.1. The standard InChI is InChI=1S/C16H16ClNO4/c1-21-14-5-3-4-12(15(14)22-2)16(20)18-11-6-7-13(17)10(8-11)9-19/h3-8,19H,9H2,1-2H3,(H,18,20). The van der Waals surface area contributed by atoms with E-state index >= 15 is 0 Å². The lowest BCUT2D eigenvalue weighted by Crippen LogP contribution is -2.13. The number of amides is 1. The number of nitrogens with one attached hydrogen (secondary N) is 1. The van der Waals surface area contributed by atoms with Crippen molar-refractivity contribution in [2.45, 2.75) is 6.61 Å². The van der Waals surface area contributed by atoms with Crippen LogP contribution in [-0.2, 0) is 6.61 Å². The van der Waals surface area contributed by atoms with Crippen LogP contribution in [0.5, 0.6) is 11.5 Å². The van der Waals surface area contributed by atoms with Crippen LogP contribution in [0.3, 0.4) is 0 Å². The Hall–Kier alpha value is -2.24. The van der Waals surface area contributed by atoms with Crippen LogP contribution in [-0.4, -0.2) is 25.2 Å². The molecule has 2 aromatic carbocycles. The van der Waals surface area contributed by atoms with E-state index in [-0.39, 0.29) is 12.5 Å². The molecule has 5 nitrogen and oxygen atoms in total. The van der Waals surface area contributed by atoms with Crippen molar-refractivity contribution in [3.05, 3.63) is 52.5 Å². The van der Waals surface area contributed by atoms with E-state index in [2.05, 4.69) is 5.32 Å². The third-order valence-electron chi connectivity index (χ3n) is 3.12. The first-order valence-electron chi connectivity index (χ1n) is 6.52. The minimum Gasteiger partial charge on any atom is -0.493 e. The fourth-order valence-electron chi connectivity index (χ4n) is 2.04. The number of hydrogen-bond donors (Lipinski definition) is 2. The highest BCUT2D eigenvalue weighted by atomic mass is 35.5. The average molecular weight is 322 g/mol. The molecule has 22 heavy (non-hydrogen) atoms. The Balaban J connectivity index is 2.30. The van der Waals surface area contributed by atoms with Gasteiger partial charge >= 0.3 is 0 Å². The van der Waals surface area contributed by atoms with E-state index in [0.717, 1.165) is 0 Å². The maximum Gasteiger partial charge on any atom is 0.259 e. The molecular weight excluding hydrogens is 306 g/mol. The molecule has 0 saturated heterocycles. The second kappa shape index (κ2) is 7.15. The van der Waals surface area contributed by atoms with Gasteiger partial charge in [0.2, 0.25) is 0 Å². The molecule has 6 heteroatoms. The van der Waals surface area contributed by atoms with Crippen LogP contribution in [0.25, 0.3) is 0 Å². The van der Waals surface area contributed by atoms with Gasteiger partial charge in [0.25, 0.3) is 5.91 Å². The van der Waals surface area contributed by atoms with E-state index in [1.165, 1.54) is 14.2 Å². The topological polar surface area (TPSA) is 67.8 Å². The molecule has 0 aliphatic carbocycles. The summed E-state index contributed by atoms with van der Waals surface area (Å²) in [6, 6.07) is 9.95. The number of carbonyl (C=O) groups excluding carboxylic acids is 1. The van der Waals surface area contributed by atoms with Gasteiger partial charge in [-0.15, -0.1) is 0 Å². The van der Waals surface area contributed by atoms with Crippen molar-refractivity contribution in [2.24, 2.45) is 0 Å². The molecule has 0 unspecified atom stereocenters. The fraction of sp³-hybridized carbons (Fsp3) is 0.188. The second-order valence-electron chi connectivity index (χ2n) is 4.46. The van der Waals surface area contributed by atoms with Gasteiger partial charge in [-0.1, -0.05) is 17.7 Å². The van der Waals surface area contributed by atoms with Crippen LogP contribution in [0.4, 0.5) is 5.69 Å². The number of benzene rings is 2. The van der Waals surface area contributed by atoms with Crippen molar-refractivity contribution in [3.8, 4) is 11.5 Å². The predicted molar refractivity (Wildman–Crippen MR) is 84.9 cm³/mol. The lowest BCUT2D eigenvalue weighted by molar-refractivity contribution is 0.102. The Labute approximate surface area is 133 Å². The van der Waals surface area contributed by atoms with Gasteiger partial charge in [0, 0.05) is 10.7 Å². The monoisotopic (exact) mass is 321 g/mol. The summed E-state index contributed by atoms with van der Waals surface area (Å²) in [5.41, 5.74) is 1.42. The molecule has 0 aliphatic rings. The molecule has 2 N–H and O–H groups in total. The van der Waals surface area contributed by atoms with Crippen molar-refractivity contribution in [1.29, 1.82) is 0 Å². The van der Waals surface area contributed by atoms with Crippen LogP contribution in [0.2, 0.25) is 5.02 Å². The first-order chi connectivity index (χ1) is 10.6. The van der Waals surface area contributed by atoms with Crippen LogP contribution in [0, 0.1) is 0 Å². The molecule has 1 amide bonds. The maximum atomic E-state index is 12.4. The Morgan fingerprint density at radius 3 is 2.64 bits per heavy atom. The largest absolute Gasteiger partial charge is 0.493 e. The first-order valence-corrected chi connectivity index (χ1v) is 6.90. The maximum absolute atomic E-state index is 12.4. The molecule has 2 rings (SSSR count). The normalized spacial score (nSPS) is 10.2. The summed E-state index contributed by atoms with van der Waals surface area (Å²) in [4.78, 5) is 12.4. The third kappa shape index (κ3) is 3.32. The van der Waals surface area contributed by atoms with Gasteiger partial charge in [0.15, 0.2) is 11.5 Å². The number of methoxy groups -OCH3 is 2. The highest BCUT2D eigenvalue weighted by Crippen LogP contribution is 2.31. The summed E-state index contributed by atoms with van der Waals surface area (Å²) >= 11 is 5.93. The summed E-state index contributed by atoms with van der Waals surface area (Å²) in [7, 11) is 2.98. The Morgan fingerprint density at radius 1 is 1.23 bits per heavy atom. The number of anilines is 1. The van der Waals surface area contributed by atoms with E-state index in [0.29, 0.717) is 33.3 Å². The van der Waals surface area contributed by atoms with Crippen LogP contribution in [0.15, 0.2) is 36.4 Å². The van der Waals surface area contributed by atoms with Crippen molar-refractivity contribution < 1.29 is 19.4 Å². The Kier molecular flexibility index (Phi) is 5.25.